The van der Waals surface area contributed by atoms with E-state index in [1.807, 2.05) is 0 Å². The van der Waals surface area contributed by atoms with Crippen LogP contribution in [0.25, 0.3) is 0 Å². The fraction of sp³-hybridized carbons (Fsp3) is 1.00. The van der Waals surface area contributed by atoms with Gasteiger partial charge in [-0.15, -0.1) is 0 Å². The molecule has 0 aromatic carbocycles. The van der Waals surface area contributed by atoms with E-state index in [-0.39, 0.29) is 0 Å². The van der Waals surface area contributed by atoms with E-state index in [0.29, 0.717) is 0 Å². The quantitative estimate of drug-likeness (QED) is 0.586. The summed E-state index contributed by atoms with van der Waals surface area (Å²) in [6.45, 7) is 3.39. The molecule has 0 aliphatic heterocycles. The van der Waals surface area contributed by atoms with E-state index in [2.05, 4.69) is 6.92 Å². The molecule has 84 valence electrons. The molecule has 2 unspecified atom stereocenters. The predicted molar refractivity (Wildman–Crippen MR) is 61.5 cm³/mol. The molecule has 1 saturated carbocycles. The van der Waals surface area contributed by atoms with Crippen LogP contribution in [0.15, 0.2) is 0 Å². The zero-order valence-electron chi connectivity index (χ0n) is 9.93. The maximum Gasteiger partial charge on any atom is 0.0462 e. The van der Waals surface area contributed by atoms with Gasteiger partial charge in [-0.05, 0) is 18.3 Å². The standard InChI is InChI=1S/C13H26O/c1-12-8-5-6-10-13(12)9-4-3-7-11-14-2/h12-13H,3-11H2,1-2H3. The van der Waals surface area contributed by atoms with Gasteiger partial charge >= 0.3 is 0 Å². The smallest absolute Gasteiger partial charge is 0.0462 e. The summed E-state index contributed by atoms with van der Waals surface area (Å²) in [5.41, 5.74) is 0. The Morgan fingerprint density at radius 2 is 1.86 bits per heavy atom. The Balaban J connectivity index is 1.99. The van der Waals surface area contributed by atoms with Gasteiger partial charge in [-0.25, -0.2) is 0 Å². The van der Waals surface area contributed by atoms with Gasteiger partial charge < -0.3 is 4.74 Å². The van der Waals surface area contributed by atoms with Crippen LogP contribution in [0.3, 0.4) is 0 Å². The largest absolute Gasteiger partial charge is 0.385 e. The Bertz CT molecular complexity index is 133. The molecule has 1 fully saturated rings. The zero-order valence-corrected chi connectivity index (χ0v) is 9.93. The summed E-state index contributed by atoms with van der Waals surface area (Å²) in [5.74, 6) is 2.03. The molecule has 0 heterocycles. The summed E-state index contributed by atoms with van der Waals surface area (Å²) in [4.78, 5) is 0. The summed E-state index contributed by atoms with van der Waals surface area (Å²) in [7, 11) is 1.79. The second-order valence-corrected chi connectivity index (χ2v) is 4.86. The predicted octanol–water partition coefficient (Wildman–Crippen LogP) is 4.02. The number of ether oxygens (including phenoxy) is 1. The SMILES string of the molecule is COCCCCCC1CCCCC1C. The van der Waals surface area contributed by atoms with Gasteiger partial charge in [0.1, 0.15) is 0 Å². The van der Waals surface area contributed by atoms with Gasteiger partial charge in [0.2, 0.25) is 0 Å². The van der Waals surface area contributed by atoms with Crippen LogP contribution in [0.4, 0.5) is 0 Å². The third kappa shape index (κ3) is 4.45. The monoisotopic (exact) mass is 198 g/mol. The molecule has 1 heteroatoms. The normalized spacial score (nSPS) is 27.9. The number of hydrogen-bond donors (Lipinski definition) is 0. The molecular weight excluding hydrogens is 172 g/mol. The van der Waals surface area contributed by atoms with Crippen molar-refractivity contribution in [3.05, 3.63) is 0 Å². The number of unbranched alkanes of at least 4 members (excludes halogenated alkanes) is 2. The molecule has 1 aliphatic carbocycles. The Morgan fingerprint density at radius 3 is 2.57 bits per heavy atom. The lowest BCUT2D eigenvalue weighted by atomic mass is 9.78. The Hall–Kier alpha value is -0.0400. The minimum atomic E-state index is 0.945. The first-order valence-electron chi connectivity index (χ1n) is 6.33. The van der Waals surface area contributed by atoms with Crippen LogP contribution in [0.1, 0.15) is 58.3 Å². The average molecular weight is 198 g/mol. The van der Waals surface area contributed by atoms with Gasteiger partial charge in [-0.3, -0.25) is 0 Å². The molecule has 1 nitrogen and oxygen atoms in total. The summed E-state index contributed by atoms with van der Waals surface area (Å²) in [6, 6.07) is 0. The molecule has 0 amide bonds. The lowest BCUT2D eigenvalue weighted by Gasteiger charge is -2.28. The van der Waals surface area contributed by atoms with Crippen molar-refractivity contribution in [1.29, 1.82) is 0 Å². The molecule has 0 aromatic rings. The zero-order chi connectivity index (χ0) is 10.2. The molecule has 0 saturated heterocycles. The molecule has 0 radical (unpaired) electrons. The van der Waals surface area contributed by atoms with E-state index in [1.54, 1.807) is 7.11 Å². The van der Waals surface area contributed by atoms with Crippen LogP contribution in [-0.4, -0.2) is 13.7 Å². The van der Waals surface area contributed by atoms with Gasteiger partial charge in [0.25, 0.3) is 0 Å². The van der Waals surface area contributed by atoms with Crippen molar-refractivity contribution >= 4 is 0 Å². The van der Waals surface area contributed by atoms with E-state index in [4.69, 9.17) is 4.74 Å². The molecule has 2 atom stereocenters. The molecule has 0 N–H and O–H groups in total. The van der Waals surface area contributed by atoms with E-state index in [0.717, 1.165) is 18.4 Å². The second kappa shape index (κ2) is 7.28. The molecule has 1 rings (SSSR count). The van der Waals surface area contributed by atoms with E-state index >= 15 is 0 Å². The van der Waals surface area contributed by atoms with Gasteiger partial charge in [0, 0.05) is 13.7 Å². The highest BCUT2D eigenvalue weighted by Gasteiger charge is 2.20. The molecular formula is C13H26O. The van der Waals surface area contributed by atoms with Crippen LogP contribution in [-0.2, 0) is 4.74 Å². The first kappa shape index (κ1) is 12.0. The van der Waals surface area contributed by atoms with Gasteiger partial charge in [-0.1, -0.05) is 51.9 Å². The Morgan fingerprint density at radius 1 is 1.07 bits per heavy atom. The minimum Gasteiger partial charge on any atom is -0.385 e. The average Bonchev–Trinajstić information content (AvgIpc) is 2.20. The number of rotatable bonds is 6. The topological polar surface area (TPSA) is 9.23 Å². The lowest BCUT2D eigenvalue weighted by molar-refractivity contribution is 0.188. The fourth-order valence-corrected chi connectivity index (χ4v) is 2.65. The number of hydrogen-bond acceptors (Lipinski definition) is 1. The first-order chi connectivity index (χ1) is 6.84. The van der Waals surface area contributed by atoms with E-state index < -0.39 is 0 Å². The second-order valence-electron chi connectivity index (χ2n) is 4.86. The van der Waals surface area contributed by atoms with Crippen molar-refractivity contribution in [2.24, 2.45) is 11.8 Å². The fourth-order valence-electron chi connectivity index (χ4n) is 2.65. The Labute approximate surface area is 89.2 Å². The van der Waals surface area contributed by atoms with Crippen LogP contribution in [0.2, 0.25) is 0 Å². The van der Waals surface area contributed by atoms with Crippen molar-refractivity contribution in [3.8, 4) is 0 Å². The third-order valence-corrected chi connectivity index (χ3v) is 3.71. The molecule has 0 aromatic heterocycles. The molecule has 0 bridgehead atoms. The van der Waals surface area contributed by atoms with Crippen molar-refractivity contribution < 1.29 is 4.74 Å². The van der Waals surface area contributed by atoms with Crippen LogP contribution < -0.4 is 0 Å². The van der Waals surface area contributed by atoms with E-state index in [1.165, 1.54) is 51.4 Å². The highest BCUT2D eigenvalue weighted by molar-refractivity contribution is 4.72. The van der Waals surface area contributed by atoms with Crippen molar-refractivity contribution in [1.82, 2.24) is 0 Å². The molecule has 0 spiro atoms. The van der Waals surface area contributed by atoms with Gasteiger partial charge in [0.05, 0.1) is 0 Å². The van der Waals surface area contributed by atoms with Gasteiger partial charge in [-0.2, -0.15) is 0 Å². The summed E-state index contributed by atoms with van der Waals surface area (Å²) in [5, 5.41) is 0. The third-order valence-electron chi connectivity index (χ3n) is 3.71. The van der Waals surface area contributed by atoms with Crippen molar-refractivity contribution in [2.75, 3.05) is 13.7 Å². The lowest BCUT2D eigenvalue weighted by Crippen LogP contribution is -2.16. The maximum atomic E-state index is 5.06. The highest BCUT2D eigenvalue weighted by atomic mass is 16.5. The summed E-state index contributed by atoms with van der Waals surface area (Å²) < 4.78 is 5.06. The maximum absolute atomic E-state index is 5.06. The molecule has 1 aliphatic rings. The first-order valence-corrected chi connectivity index (χ1v) is 6.33. The number of methoxy groups -OCH3 is 1. The molecule has 14 heavy (non-hydrogen) atoms. The summed E-state index contributed by atoms with van der Waals surface area (Å²) >= 11 is 0. The van der Waals surface area contributed by atoms with Gasteiger partial charge in [0.15, 0.2) is 0 Å². The minimum absolute atomic E-state index is 0.945. The van der Waals surface area contributed by atoms with Crippen molar-refractivity contribution in [2.45, 2.75) is 58.3 Å². The van der Waals surface area contributed by atoms with Crippen LogP contribution >= 0.6 is 0 Å². The van der Waals surface area contributed by atoms with E-state index in [9.17, 15) is 0 Å². The summed E-state index contributed by atoms with van der Waals surface area (Å²) in [6.07, 6.45) is 11.4. The highest BCUT2D eigenvalue weighted by Crippen LogP contribution is 2.32. The van der Waals surface area contributed by atoms with Crippen molar-refractivity contribution in [3.63, 3.8) is 0 Å². The Kier molecular flexibility index (Phi) is 6.25. The van der Waals surface area contributed by atoms with Crippen LogP contribution in [0, 0.1) is 11.8 Å². The van der Waals surface area contributed by atoms with Crippen LogP contribution in [0.5, 0.6) is 0 Å².